The van der Waals surface area contributed by atoms with Gasteiger partial charge in [0.25, 0.3) is 0 Å². The summed E-state index contributed by atoms with van der Waals surface area (Å²) in [4.78, 5) is 34.7. The standard InChI is InChI=1S/C17H15Cl2N3O3/c1-10(23)12-3-5-13(6-4-12)20-17(25)22-21-16(24)9-11-2-7-14(18)15(19)8-11/h2-8H,9H2,1H3,(H,21,24)(H2,20,22,25). The van der Waals surface area contributed by atoms with E-state index in [1.807, 2.05) is 0 Å². The Morgan fingerprint density at radius 3 is 2.20 bits per heavy atom. The smallest absolute Gasteiger partial charge is 0.307 e. The van der Waals surface area contributed by atoms with E-state index in [1.165, 1.54) is 6.92 Å². The molecule has 2 aromatic carbocycles. The number of rotatable bonds is 4. The van der Waals surface area contributed by atoms with Gasteiger partial charge in [0.15, 0.2) is 5.78 Å². The number of hydrogen-bond acceptors (Lipinski definition) is 3. The minimum Gasteiger partial charge on any atom is -0.307 e. The molecule has 0 saturated heterocycles. The summed E-state index contributed by atoms with van der Waals surface area (Å²) in [6.07, 6.45) is 0.0322. The fourth-order valence-corrected chi connectivity index (χ4v) is 2.28. The van der Waals surface area contributed by atoms with Gasteiger partial charge in [0, 0.05) is 11.3 Å². The lowest BCUT2D eigenvalue weighted by Gasteiger charge is -2.09. The average molecular weight is 380 g/mol. The number of halogens is 2. The molecule has 0 atom stereocenters. The van der Waals surface area contributed by atoms with E-state index >= 15 is 0 Å². The third-order valence-corrected chi connectivity index (χ3v) is 3.95. The zero-order valence-electron chi connectivity index (χ0n) is 13.2. The van der Waals surface area contributed by atoms with E-state index in [0.29, 0.717) is 26.9 Å². The van der Waals surface area contributed by atoms with Gasteiger partial charge in [-0.3, -0.25) is 15.0 Å². The lowest BCUT2D eigenvalue weighted by molar-refractivity contribution is -0.121. The quantitative estimate of drug-likeness (QED) is 0.560. The first-order chi connectivity index (χ1) is 11.8. The molecule has 3 amide bonds. The Hall–Kier alpha value is -2.57. The summed E-state index contributed by atoms with van der Waals surface area (Å²) in [7, 11) is 0. The first kappa shape index (κ1) is 18.8. The highest BCUT2D eigenvalue weighted by Crippen LogP contribution is 2.22. The van der Waals surface area contributed by atoms with Gasteiger partial charge in [-0.1, -0.05) is 29.3 Å². The molecule has 0 fully saturated rings. The fourth-order valence-electron chi connectivity index (χ4n) is 1.96. The van der Waals surface area contributed by atoms with Gasteiger partial charge in [0.2, 0.25) is 5.91 Å². The van der Waals surface area contributed by atoms with Crippen molar-refractivity contribution in [3.8, 4) is 0 Å². The zero-order valence-corrected chi connectivity index (χ0v) is 14.7. The third kappa shape index (κ3) is 5.77. The fraction of sp³-hybridized carbons (Fsp3) is 0.118. The Morgan fingerprint density at radius 2 is 1.60 bits per heavy atom. The van der Waals surface area contributed by atoms with Crippen LogP contribution in [0.4, 0.5) is 10.5 Å². The Morgan fingerprint density at radius 1 is 0.920 bits per heavy atom. The molecule has 0 saturated carbocycles. The van der Waals surface area contributed by atoms with E-state index < -0.39 is 11.9 Å². The molecule has 0 bridgehead atoms. The SMILES string of the molecule is CC(=O)c1ccc(NC(=O)NNC(=O)Cc2ccc(Cl)c(Cl)c2)cc1. The van der Waals surface area contributed by atoms with Gasteiger partial charge >= 0.3 is 6.03 Å². The monoisotopic (exact) mass is 379 g/mol. The third-order valence-electron chi connectivity index (χ3n) is 3.21. The Balaban J connectivity index is 1.81. The highest BCUT2D eigenvalue weighted by atomic mass is 35.5. The van der Waals surface area contributed by atoms with Crippen molar-refractivity contribution in [3.05, 3.63) is 63.6 Å². The summed E-state index contributed by atoms with van der Waals surface area (Å²) < 4.78 is 0. The molecule has 0 aliphatic carbocycles. The van der Waals surface area contributed by atoms with Gasteiger partial charge in [0.1, 0.15) is 0 Å². The summed E-state index contributed by atoms with van der Waals surface area (Å²) in [5, 5.41) is 3.28. The zero-order chi connectivity index (χ0) is 18.4. The van der Waals surface area contributed by atoms with E-state index in [-0.39, 0.29) is 12.2 Å². The van der Waals surface area contributed by atoms with Crippen LogP contribution in [0.1, 0.15) is 22.8 Å². The number of ketones is 1. The van der Waals surface area contributed by atoms with Crippen molar-refractivity contribution in [2.24, 2.45) is 0 Å². The van der Waals surface area contributed by atoms with Crippen molar-refractivity contribution >= 4 is 46.6 Å². The van der Waals surface area contributed by atoms with Gasteiger partial charge in [-0.15, -0.1) is 0 Å². The molecular formula is C17H15Cl2N3O3. The molecule has 3 N–H and O–H groups in total. The molecule has 0 aliphatic heterocycles. The van der Waals surface area contributed by atoms with Crippen molar-refractivity contribution in [3.63, 3.8) is 0 Å². The molecule has 0 spiro atoms. The Bertz CT molecular complexity index is 807. The second-order valence-electron chi connectivity index (χ2n) is 5.19. The van der Waals surface area contributed by atoms with Crippen LogP contribution in [0.5, 0.6) is 0 Å². The summed E-state index contributed by atoms with van der Waals surface area (Å²) in [5.41, 5.74) is 6.21. The molecule has 0 aromatic heterocycles. The number of Topliss-reactive ketones (excluding diaryl/α,β-unsaturated/α-hetero) is 1. The molecule has 0 radical (unpaired) electrons. The van der Waals surface area contributed by atoms with Crippen LogP contribution >= 0.6 is 23.2 Å². The first-order valence-corrected chi connectivity index (χ1v) is 8.01. The van der Waals surface area contributed by atoms with Crippen molar-refractivity contribution in [2.75, 3.05) is 5.32 Å². The largest absolute Gasteiger partial charge is 0.337 e. The normalized spacial score (nSPS) is 10.0. The minimum atomic E-state index is -0.613. The molecule has 0 unspecified atom stereocenters. The van der Waals surface area contributed by atoms with Gasteiger partial charge in [-0.25, -0.2) is 10.2 Å². The summed E-state index contributed by atoms with van der Waals surface area (Å²) >= 11 is 11.7. The number of urea groups is 1. The second kappa shape index (κ2) is 8.50. The molecule has 130 valence electrons. The summed E-state index contributed by atoms with van der Waals surface area (Å²) in [6, 6.07) is 10.6. The van der Waals surface area contributed by atoms with Crippen molar-refractivity contribution in [2.45, 2.75) is 13.3 Å². The van der Waals surface area contributed by atoms with E-state index in [0.717, 1.165) is 0 Å². The minimum absolute atomic E-state index is 0.0322. The molecule has 0 heterocycles. The van der Waals surface area contributed by atoms with Crippen molar-refractivity contribution in [1.29, 1.82) is 0 Å². The van der Waals surface area contributed by atoms with Crippen LogP contribution in [0.15, 0.2) is 42.5 Å². The number of hydrogen-bond donors (Lipinski definition) is 3. The van der Waals surface area contributed by atoms with Gasteiger partial charge < -0.3 is 5.32 Å². The maximum atomic E-state index is 11.8. The average Bonchev–Trinajstić information content (AvgIpc) is 2.57. The Labute approximate surface area is 154 Å². The number of benzene rings is 2. The maximum absolute atomic E-state index is 11.8. The van der Waals surface area contributed by atoms with Crippen molar-refractivity contribution in [1.82, 2.24) is 10.9 Å². The van der Waals surface area contributed by atoms with Crippen LogP contribution in [-0.4, -0.2) is 17.7 Å². The molecule has 2 aromatic rings. The van der Waals surface area contributed by atoms with Crippen LogP contribution in [-0.2, 0) is 11.2 Å². The number of hydrazine groups is 1. The molecule has 2 rings (SSSR count). The lowest BCUT2D eigenvalue weighted by Crippen LogP contribution is -2.44. The summed E-state index contributed by atoms with van der Waals surface area (Å²) in [5.74, 6) is -0.481. The number of amides is 3. The van der Waals surface area contributed by atoms with E-state index in [1.54, 1.807) is 42.5 Å². The topological polar surface area (TPSA) is 87.3 Å². The van der Waals surface area contributed by atoms with Crippen molar-refractivity contribution < 1.29 is 14.4 Å². The summed E-state index contributed by atoms with van der Waals surface area (Å²) in [6.45, 7) is 1.46. The number of nitrogens with one attached hydrogen (secondary N) is 3. The van der Waals surface area contributed by atoms with Gasteiger partial charge in [-0.2, -0.15) is 0 Å². The van der Waals surface area contributed by atoms with Crippen LogP contribution in [0.3, 0.4) is 0 Å². The lowest BCUT2D eigenvalue weighted by atomic mass is 10.1. The van der Waals surface area contributed by atoms with Crippen LogP contribution < -0.4 is 16.2 Å². The van der Waals surface area contributed by atoms with E-state index in [9.17, 15) is 14.4 Å². The molecule has 8 heteroatoms. The first-order valence-electron chi connectivity index (χ1n) is 7.26. The maximum Gasteiger partial charge on any atom is 0.337 e. The van der Waals surface area contributed by atoms with Gasteiger partial charge in [-0.05, 0) is 48.9 Å². The van der Waals surface area contributed by atoms with E-state index in [4.69, 9.17) is 23.2 Å². The van der Waals surface area contributed by atoms with E-state index in [2.05, 4.69) is 16.2 Å². The Kier molecular flexibility index (Phi) is 6.38. The highest BCUT2D eigenvalue weighted by molar-refractivity contribution is 6.42. The predicted octanol–water partition coefficient (Wildman–Crippen LogP) is 3.59. The molecule has 25 heavy (non-hydrogen) atoms. The number of carbonyl (C=O) groups excluding carboxylic acids is 3. The second-order valence-corrected chi connectivity index (χ2v) is 6.00. The number of carbonyl (C=O) groups is 3. The molecule has 6 nitrogen and oxygen atoms in total. The molecular weight excluding hydrogens is 365 g/mol. The van der Waals surface area contributed by atoms with Gasteiger partial charge in [0.05, 0.1) is 16.5 Å². The van der Waals surface area contributed by atoms with Crippen LogP contribution in [0.2, 0.25) is 10.0 Å². The number of anilines is 1. The van der Waals surface area contributed by atoms with Crippen LogP contribution in [0.25, 0.3) is 0 Å². The highest BCUT2D eigenvalue weighted by Gasteiger charge is 2.08. The van der Waals surface area contributed by atoms with Crippen LogP contribution in [0, 0.1) is 0 Å². The molecule has 0 aliphatic rings. The predicted molar refractivity (Wildman–Crippen MR) is 96.9 cm³/mol.